The van der Waals surface area contributed by atoms with E-state index in [4.69, 9.17) is 15.9 Å². The van der Waals surface area contributed by atoms with E-state index in [1.54, 1.807) is 0 Å². The molecule has 1 aliphatic carbocycles. The van der Waals surface area contributed by atoms with Crippen molar-refractivity contribution in [1.82, 2.24) is 5.32 Å². The Bertz CT molecular complexity index is 823. The highest BCUT2D eigenvalue weighted by atomic mass is 16.6. The topological polar surface area (TPSA) is 64.6 Å². The molecular weight excluding hydrogens is 330 g/mol. The first-order valence-electron chi connectivity index (χ1n) is 8.33. The highest BCUT2D eigenvalue weighted by Crippen LogP contribution is 2.44. The fourth-order valence-corrected chi connectivity index (χ4v) is 3.11. The van der Waals surface area contributed by atoms with E-state index in [1.165, 1.54) is 6.92 Å². The van der Waals surface area contributed by atoms with E-state index in [2.05, 4.69) is 23.4 Å². The molecule has 3 rings (SSSR count). The molecule has 1 amide bonds. The standard InChI is InChI=1S/C21H19NO4/c1-3-12-25-20(23)14(2)22-21(24)26-13-19-17-10-6-4-8-15(17)16-9-5-7-11-18(16)19/h1,4-11,14,19H,12-13H2,2H3,(H,22,24)/t14-/m0/s1. The van der Waals surface area contributed by atoms with Crippen molar-refractivity contribution >= 4 is 12.1 Å². The molecule has 0 radical (unpaired) electrons. The Labute approximate surface area is 152 Å². The van der Waals surface area contributed by atoms with Gasteiger partial charge in [0.1, 0.15) is 12.6 Å². The SMILES string of the molecule is C#CCOC(=O)[C@H](C)NC(=O)OCC1c2ccccc2-c2ccccc21. The summed E-state index contributed by atoms with van der Waals surface area (Å²) in [6.45, 7) is 1.57. The molecule has 0 bridgehead atoms. The lowest BCUT2D eigenvalue weighted by atomic mass is 9.98. The molecule has 5 heteroatoms. The molecule has 2 aromatic carbocycles. The second-order valence-electron chi connectivity index (χ2n) is 6.00. The van der Waals surface area contributed by atoms with Gasteiger partial charge in [0.05, 0.1) is 0 Å². The van der Waals surface area contributed by atoms with Crippen molar-refractivity contribution in [3.05, 3.63) is 59.7 Å². The van der Waals surface area contributed by atoms with E-state index in [9.17, 15) is 9.59 Å². The van der Waals surface area contributed by atoms with Crippen LogP contribution in [0.5, 0.6) is 0 Å². The second-order valence-corrected chi connectivity index (χ2v) is 6.00. The first-order chi connectivity index (χ1) is 12.6. The minimum Gasteiger partial charge on any atom is -0.451 e. The maximum Gasteiger partial charge on any atom is 0.407 e. The number of carbonyl (C=O) groups is 2. The summed E-state index contributed by atoms with van der Waals surface area (Å²) in [6, 6.07) is 15.3. The summed E-state index contributed by atoms with van der Waals surface area (Å²) < 4.78 is 10.1. The molecule has 0 aromatic heterocycles. The Morgan fingerprint density at radius 2 is 1.65 bits per heavy atom. The number of fused-ring (bicyclic) bond motifs is 3. The fraction of sp³-hybridized carbons (Fsp3) is 0.238. The van der Waals surface area contributed by atoms with Crippen LogP contribution in [0.15, 0.2) is 48.5 Å². The first-order valence-corrected chi connectivity index (χ1v) is 8.33. The van der Waals surface area contributed by atoms with Crippen molar-refractivity contribution in [2.24, 2.45) is 0 Å². The van der Waals surface area contributed by atoms with Crippen LogP contribution < -0.4 is 5.32 Å². The van der Waals surface area contributed by atoms with Crippen LogP contribution in [0.25, 0.3) is 11.1 Å². The molecule has 0 fully saturated rings. The lowest BCUT2D eigenvalue weighted by Gasteiger charge is -2.16. The number of hydrogen-bond donors (Lipinski definition) is 1. The predicted molar refractivity (Wildman–Crippen MR) is 97.5 cm³/mol. The predicted octanol–water partition coefficient (Wildman–Crippen LogP) is 3.09. The average Bonchev–Trinajstić information content (AvgIpc) is 2.98. The normalized spacial score (nSPS) is 13.1. The Balaban J connectivity index is 1.64. The molecule has 0 saturated heterocycles. The zero-order valence-electron chi connectivity index (χ0n) is 14.4. The molecule has 0 unspecified atom stereocenters. The van der Waals surface area contributed by atoms with E-state index in [0.29, 0.717) is 0 Å². The number of hydrogen-bond acceptors (Lipinski definition) is 4. The van der Waals surface area contributed by atoms with Crippen molar-refractivity contribution < 1.29 is 19.1 Å². The summed E-state index contributed by atoms with van der Waals surface area (Å²) in [5, 5.41) is 2.46. The van der Waals surface area contributed by atoms with Crippen LogP contribution in [-0.4, -0.2) is 31.3 Å². The fourth-order valence-electron chi connectivity index (χ4n) is 3.11. The van der Waals surface area contributed by atoms with Crippen LogP contribution in [0.4, 0.5) is 4.79 Å². The highest BCUT2D eigenvalue weighted by Gasteiger charge is 2.29. The molecule has 0 spiro atoms. The lowest BCUT2D eigenvalue weighted by molar-refractivity contribution is -0.144. The summed E-state index contributed by atoms with van der Waals surface area (Å²) >= 11 is 0. The Morgan fingerprint density at radius 1 is 1.08 bits per heavy atom. The van der Waals surface area contributed by atoms with Gasteiger partial charge in [-0.05, 0) is 29.2 Å². The number of terminal acetylenes is 1. The van der Waals surface area contributed by atoms with Crippen LogP contribution in [-0.2, 0) is 14.3 Å². The van der Waals surface area contributed by atoms with Crippen molar-refractivity contribution in [1.29, 1.82) is 0 Å². The monoisotopic (exact) mass is 349 g/mol. The van der Waals surface area contributed by atoms with Crippen molar-refractivity contribution in [2.75, 3.05) is 13.2 Å². The third kappa shape index (κ3) is 3.55. The maximum atomic E-state index is 12.0. The molecule has 2 aromatic rings. The van der Waals surface area contributed by atoms with Gasteiger partial charge in [0.15, 0.2) is 6.61 Å². The first kappa shape index (κ1) is 17.6. The number of alkyl carbamates (subject to hydrolysis) is 1. The smallest absolute Gasteiger partial charge is 0.407 e. The zero-order valence-corrected chi connectivity index (χ0v) is 14.4. The van der Waals surface area contributed by atoms with Crippen LogP contribution in [0.1, 0.15) is 24.0 Å². The molecule has 1 aliphatic rings. The average molecular weight is 349 g/mol. The van der Waals surface area contributed by atoms with Crippen LogP contribution in [0.2, 0.25) is 0 Å². The van der Waals surface area contributed by atoms with E-state index in [1.807, 2.05) is 36.4 Å². The largest absolute Gasteiger partial charge is 0.451 e. The van der Waals surface area contributed by atoms with Gasteiger partial charge in [-0.2, -0.15) is 0 Å². The summed E-state index contributed by atoms with van der Waals surface area (Å²) in [5.74, 6) is 1.57. The Morgan fingerprint density at radius 3 is 2.23 bits per heavy atom. The van der Waals surface area contributed by atoms with Crippen LogP contribution in [0, 0.1) is 12.3 Å². The van der Waals surface area contributed by atoms with Gasteiger partial charge in [-0.3, -0.25) is 0 Å². The Hall–Kier alpha value is -3.26. The third-order valence-electron chi connectivity index (χ3n) is 4.33. The van der Waals surface area contributed by atoms with Gasteiger partial charge < -0.3 is 14.8 Å². The van der Waals surface area contributed by atoms with Gasteiger partial charge in [-0.15, -0.1) is 6.42 Å². The number of ether oxygens (including phenoxy) is 2. The number of carbonyl (C=O) groups excluding carboxylic acids is 2. The van der Waals surface area contributed by atoms with Crippen molar-refractivity contribution in [3.8, 4) is 23.5 Å². The summed E-state index contributed by atoms with van der Waals surface area (Å²) in [7, 11) is 0. The number of nitrogens with one attached hydrogen (secondary N) is 1. The molecule has 0 heterocycles. The maximum absolute atomic E-state index is 12.0. The minimum atomic E-state index is -0.834. The van der Waals surface area contributed by atoms with Crippen molar-refractivity contribution in [2.45, 2.75) is 18.9 Å². The zero-order chi connectivity index (χ0) is 18.5. The third-order valence-corrected chi connectivity index (χ3v) is 4.33. The number of rotatable bonds is 5. The van der Waals surface area contributed by atoms with E-state index in [-0.39, 0.29) is 19.1 Å². The molecule has 0 saturated carbocycles. The van der Waals surface area contributed by atoms with Gasteiger partial charge in [-0.25, -0.2) is 9.59 Å². The summed E-state index contributed by atoms with van der Waals surface area (Å²) in [6.07, 6.45) is 4.37. The minimum absolute atomic E-state index is 0.0307. The van der Waals surface area contributed by atoms with Gasteiger partial charge in [0.25, 0.3) is 0 Å². The van der Waals surface area contributed by atoms with E-state index in [0.717, 1.165) is 22.3 Å². The molecule has 5 nitrogen and oxygen atoms in total. The molecule has 0 aliphatic heterocycles. The molecule has 26 heavy (non-hydrogen) atoms. The van der Waals surface area contributed by atoms with Gasteiger partial charge in [-0.1, -0.05) is 54.5 Å². The number of amides is 1. The summed E-state index contributed by atoms with van der Waals surface area (Å²) in [5.41, 5.74) is 4.57. The quantitative estimate of drug-likeness (QED) is 0.665. The van der Waals surface area contributed by atoms with Gasteiger partial charge >= 0.3 is 12.1 Å². The molecule has 132 valence electrons. The van der Waals surface area contributed by atoms with E-state index < -0.39 is 18.1 Å². The van der Waals surface area contributed by atoms with Crippen LogP contribution in [0.3, 0.4) is 0 Å². The highest BCUT2D eigenvalue weighted by molar-refractivity contribution is 5.81. The van der Waals surface area contributed by atoms with Gasteiger partial charge in [0, 0.05) is 5.92 Å². The van der Waals surface area contributed by atoms with E-state index >= 15 is 0 Å². The molecule has 1 atom stereocenters. The number of benzene rings is 2. The van der Waals surface area contributed by atoms with Crippen LogP contribution >= 0.6 is 0 Å². The van der Waals surface area contributed by atoms with Gasteiger partial charge in [0.2, 0.25) is 0 Å². The lowest BCUT2D eigenvalue weighted by Crippen LogP contribution is -2.40. The molecule has 1 N–H and O–H groups in total. The second kappa shape index (κ2) is 7.75. The van der Waals surface area contributed by atoms with Crippen molar-refractivity contribution in [3.63, 3.8) is 0 Å². The molecular formula is C21H19NO4. The number of esters is 1. The Kier molecular flexibility index (Phi) is 5.23. The summed E-state index contributed by atoms with van der Waals surface area (Å²) in [4.78, 5) is 23.7.